The maximum absolute atomic E-state index is 11.9. The monoisotopic (exact) mass is 348 g/mol. The third kappa shape index (κ3) is 5.25. The molecule has 1 amide bonds. The van der Waals surface area contributed by atoms with Crippen LogP contribution >= 0.6 is 12.4 Å². The molecule has 0 bridgehead atoms. The molecule has 0 spiro atoms. The first kappa shape index (κ1) is 20.0. The molecule has 2 atom stereocenters. The van der Waals surface area contributed by atoms with Gasteiger partial charge < -0.3 is 15.8 Å². The van der Waals surface area contributed by atoms with E-state index in [-0.39, 0.29) is 30.3 Å². The van der Waals surface area contributed by atoms with Crippen molar-refractivity contribution >= 4 is 18.3 Å². The highest BCUT2D eigenvalue weighted by Gasteiger charge is 2.16. The van der Waals surface area contributed by atoms with Crippen molar-refractivity contribution in [1.82, 2.24) is 5.32 Å². The fourth-order valence-corrected chi connectivity index (χ4v) is 2.19. The van der Waals surface area contributed by atoms with Crippen LogP contribution in [-0.2, 0) is 11.3 Å². The average Bonchev–Trinajstić information content (AvgIpc) is 2.59. The summed E-state index contributed by atoms with van der Waals surface area (Å²) in [5.41, 5.74) is 9.07. The minimum atomic E-state index is -0.187. The van der Waals surface area contributed by atoms with E-state index < -0.39 is 0 Å². The molecule has 4 nitrogen and oxygen atoms in total. The highest BCUT2D eigenvalue weighted by Crippen LogP contribution is 2.22. The minimum absolute atomic E-state index is 0. The lowest BCUT2D eigenvalue weighted by molar-refractivity contribution is -0.125. The number of methoxy groups -OCH3 is 1. The van der Waals surface area contributed by atoms with Crippen LogP contribution in [0.3, 0.4) is 0 Å². The zero-order chi connectivity index (χ0) is 16.8. The molecule has 2 aromatic rings. The Morgan fingerprint density at radius 3 is 2.00 bits per heavy atom. The van der Waals surface area contributed by atoms with Crippen LogP contribution in [0.15, 0.2) is 48.5 Å². The summed E-state index contributed by atoms with van der Waals surface area (Å²) < 4.78 is 5.17. The van der Waals surface area contributed by atoms with Crippen molar-refractivity contribution in [3.05, 3.63) is 54.1 Å². The van der Waals surface area contributed by atoms with E-state index in [1.165, 1.54) is 0 Å². The van der Waals surface area contributed by atoms with E-state index in [0.717, 1.165) is 22.4 Å². The van der Waals surface area contributed by atoms with Gasteiger partial charge in [-0.25, -0.2) is 0 Å². The van der Waals surface area contributed by atoms with E-state index in [0.29, 0.717) is 6.54 Å². The number of hydrogen-bond acceptors (Lipinski definition) is 3. The van der Waals surface area contributed by atoms with E-state index >= 15 is 0 Å². The average molecular weight is 349 g/mol. The van der Waals surface area contributed by atoms with Gasteiger partial charge in [0, 0.05) is 18.5 Å². The lowest BCUT2D eigenvalue weighted by Gasteiger charge is -2.15. The summed E-state index contributed by atoms with van der Waals surface area (Å²) in [5.74, 6) is 0.643. The van der Waals surface area contributed by atoms with Gasteiger partial charge in [-0.15, -0.1) is 12.4 Å². The van der Waals surface area contributed by atoms with E-state index in [4.69, 9.17) is 10.5 Å². The van der Waals surface area contributed by atoms with Gasteiger partial charge in [0.15, 0.2) is 0 Å². The number of halogens is 1. The van der Waals surface area contributed by atoms with Gasteiger partial charge >= 0.3 is 0 Å². The van der Waals surface area contributed by atoms with E-state index in [1.54, 1.807) is 7.11 Å². The Labute approximate surface area is 149 Å². The number of benzene rings is 2. The molecular formula is C19H25ClN2O2. The molecule has 2 rings (SSSR count). The smallest absolute Gasteiger partial charge is 0.224 e. The second kappa shape index (κ2) is 9.30. The summed E-state index contributed by atoms with van der Waals surface area (Å²) in [7, 11) is 1.66. The Morgan fingerprint density at radius 2 is 1.54 bits per heavy atom. The molecule has 0 radical (unpaired) electrons. The molecule has 2 aromatic carbocycles. The van der Waals surface area contributed by atoms with Crippen LogP contribution in [0.2, 0.25) is 0 Å². The summed E-state index contributed by atoms with van der Waals surface area (Å²) >= 11 is 0. The Balaban J connectivity index is 0.00000288. The van der Waals surface area contributed by atoms with Crippen LogP contribution in [-0.4, -0.2) is 19.1 Å². The largest absolute Gasteiger partial charge is 0.497 e. The molecule has 24 heavy (non-hydrogen) atoms. The summed E-state index contributed by atoms with van der Waals surface area (Å²) in [6.07, 6.45) is 0. The lowest BCUT2D eigenvalue weighted by Crippen LogP contribution is -2.38. The molecule has 0 aliphatic heterocycles. The first-order valence-corrected chi connectivity index (χ1v) is 7.78. The standard InChI is InChI=1S/C19H24N2O2.ClH/c1-13(14(2)20)19(22)21-12-15-4-6-16(7-5-15)17-8-10-18(23-3)11-9-17;/h4-11,13-14H,12,20H2,1-3H3,(H,21,22);1H. The Hall–Kier alpha value is -2.04. The quantitative estimate of drug-likeness (QED) is 0.841. The third-order valence-electron chi connectivity index (χ3n) is 4.05. The molecular weight excluding hydrogens is 324 g/mol. The first-order chi connectivity index (χ1) is 11.0. The van der Waals surface area contributed by atoms with E-state index in [2.05, 4.69) is 17.4 Å². The molecule has 3 N–H and O–H groups in total. The van der Waals surface area contributed by atoms with Crippen molar-refractivity contribution in [3.63, 3.8) is 0 Å². The van der Waals surface area contributed by atoms with Gasteiger partial charge in [0.2, 0.25) is 5.91 Å². The first-order valence-electron chi connectivity index (χ1n) is 7.78. The molecule has 2 unspecified atom stereocenters. The maximum Gasteiger partial charge on any atom is 0.224 e. The molecule has 0 aromatic heterocycles. The van der Waals surface area contributed by atoms with Crippen molar-refractivity contribution in [1.29, 1.82) is 0 Å². The number of ether oxygens (including phenoxy) is 1. The van der Waals surface area contributed by atoms with Gasteiger partial charge in [0.1, 0.15) is 5.75 Å². The van der Waals surface area contributed by atoms with Crippen LogP contribution in [0.4, 0.5) is 0 Å². The molecule has 0 aliphatic rings. The zero-order valence-corrected chi connectivity index (χ0v) is 15.1. The van der Waals surface area contributed by atoms with E-state index in [1.807, 2.05) is 50.2 Å². The van der Waals surface area contributed by atoms with Gasteiger partial charge in [0.05, 0.1) is 7.11 Å². The molecule has 0 fully saturated rings. The second-order valence-electron chi connectivity index (χ2n) is 5.79. The molecule has 0 saturated carbocycles. The van der Waals surface area contributed by atoms with Crippen LogP contribution < -0.4 is 15.8 Å². The normalized spacial score (nSPS) is 12.7. The van der Waals surface area contributed by atoms with Gasteiger partial charge in [-0.05, 0) is 35.7 Å². The highest BCUT2D eigenvalue weighted by molar-refractivity contribution is 5.85. The fraction of sp³-hybridized carbons (Fsp3) is 0.316. The molecule has 0 saturated heterocycles. The minimum Gasteiger partial charge on any atom is -0.497 e. The maximum atomic E-state index is 11.9. The molecule has 5 heteroatoms. The van der Waals surface area contributed by atoms with E-state index in [9.17, 15) is 4.79 Å². The zero-order valence-electron chi connectivity index (χ0n) is 14.3. The number of nitrogens with two attached hydrogens (primary N) is 1. The number of rotatable bonds is 6. The predicted octanol–water partition coefficient (Wildman–Crippen LogP) is 3.38. The number of hydrogen-bond donors (Lipinski definition) is 2. The Bertz CT molecular complexity index is 639. The summed E-state index contributed by atoms with van der Waals surface area (Å²) in [6.45, 7) is 4.19. The van der Waals surface area contributed by atoms with Crippen LogP contribution in [0.25, 0.3) is 11.1 Å². The Kier molecular flexibility index (Phi) is 7.75. The van der Waals surface area contributed by atoms with Crippen molar-refractivity contribution in [2.75, 3.05) is 7.11 Å². The summed E-state index contributed by atoms with van der Waals surface area (Å²) in [4.78, 5) is 11.9. The van der Waals surface area contributed by atoms with Gasteiger partial charge in [-0.1, -0.05) is 43.3 Å². The predicted molar refractivity (Wildman–Crippen MR) is 100 cm³/mol. The summed E-state index contributed by atoms with van der Waals surface area (Å²) in [6, 6.07) is 16.0. The topological polar surface area (TPSA) is 64.3 Å². The SMILES string of the molecule is COc1ccc(-c2ccc(CNC(=O)C(C)C(C)N)cc2)cc1.Cl. The molecule has 130 valence electrons. The van der Waals surface area contributed by atoms with Crippen LogP contribution in [0, 0.1) is 5.92 Å². The van der Waals surface area contributed by atoms with Crippen molar-refractivity contribution in [3.8, 4) is 16.9 Å². The second-order valence-corrected chi connectivity index (χ2v) is 5.79. The Morgan fingerprint density at radius 1 is 1.04 bits per heavy atom. The van der Waals surface area contributed by atoms with Gasteiger partial charge in [-0.2, -0.15) is 0 Å². The summed E-state index contributed by atoms with van der Waals surface area (Å²) in [5, 5.41) is 2.92. The van der Waals surface area contributed by atoms with Gasteiger partial charge in [-0.3, -0.25) is 4.79 Å². The number of nitrogens with one attached hydrogen (secondary N) is 1. The fourth-order valence-electron chi connectivity index (χ4n) is 2.19. The number of carbonyl (C=O) groups excluding carboxylic acids is 1. The third-order valence-corrected chi connectivity index (χ3v) is 4.05. The highest BCUT2D eigenvalue weighted by atomic mass is 35.5. The van der Waals surface area contributed by atoms with Crippen LogP contribution in [0.5, 0.6) is 5.75 Å². The van der Waals surface area contributed by atoms with Crippen molar-refractivity contribution in [2.45, 2.75) is 26.4 Å². The molecule has 0 aliphatic carbocycles. The van der Waals surface area contributed by atoms with Crippen molar-refractivity contribution in [2.24, 2.45) is 11.7 Å². The lowest BCUT2D eigenvalue weighted by atomic mass is 10.0. The van der Waals surface area contributed by atoms with Gasteiger partial charge in [0.25, 0.3) is 0 Å². The number of carbonyl (C=O) groups is 1. The van der Waals surface area contributed by atoms with Crippen LogP contribution in [0.1, 0.15) is 19.4 Å². The molecule has 0 heterocycles. The number of amides is 1. The van der Waals surface area contributed by atoms with Crippen molar-refractivity contribution < 1.29 is 9.53 Å².